The molecule has 1 amide bonds. The molecular formula is C19H24N4O. The zero-order chi connectivity index (χ0) is 16.9. The summed E-state index contributed by atoms with van der Waals surface area (Å²) >= 11 is 0. The molecule has 5 heteroatoms. The fourth-order valence-corrected chi connectivity index (χ4v) is 3.12. The molecule has 0 saturated carbocycles. The highest BCUT2D eigenvalue weighted by Crippen LogP contribution is 2.22. The van der Waals surface area contributed by atoms with Gasteiger partial charge >= 0.3 is 0 Å². The van der Waals surface area contributed by atoms with Gasteiger partial charge in [-0.05, 0) is 55.9 Å². The van der Waals surface area contributed by atoms with Crippen LogP contribution in [0.25, 0.3) is 0 Å². The number of para-hydroxylation sites is 1. The van der Waals surface area contributed by atoms with Gasteiger partial charge in [-0.2, -0.15) is 0 Å². The van der Waals surface area contributed by atoms with Gasteiger partial charge in [-0.1, -0.05) is 25.1 Å². The number of nitrogens with one attached hydrogen (secondary N) is 1. The number of benzene rings is 1. The number of carbonyl (C=O) groups is 1. The van der Waals surface area contributed by atoms with Crippen molar-refractivity contribution in [1.29, 1.82) is 0 Å². The van der Waals surface area contributed by atoms with Gasteiger partial charge in [0, 0.05) is 18.8 Å². The van der Waals surface area contributed by atoms with Crippen molar-refractivity contribution in [2.45, 2.75) is 39.5 Å². The molecule has 0 spiro atoms. The monoisotopic (exact) mass is 324 g/mol. The molecule has 24 heavy (non-hydrogen) atoms. The molecule has 2 aromatic rings. The topological polar surface area (TPSA) is 58.1 Å². The van der Waals surface area contributed by atoms with Crippen LogP contribution in [-0.4, -0.2) is 29.2 Å². The summed E-state index contributed by atoms with van der Waals surface area (Å²) in [5.74, 6) is 0.646. The average molecular weight is 324 g/mol. The lowest BCUT2D eigenvalue weighted by Crippen LogP contribution is -2.30. The van der Waals surface area contributed by atoms with Gasteiger partial charge in [0.15, 0.2) is 11.5 Å². The molecule has 2 heterocycles. The van der Waals surface area contributed by atoms with Crippen molar-refractivity contribution >= 4 is 17.4 Å². The Bertz CT molecular complexity index is 706. The normalized spacial score (nSPS) is 14.5. The number of hydrogen-bond acceptors (Lipinski definition) is 4. The van der Waals surface area contributed by atoms with Crippen LogP contribution in [0.5, 0.6) is 0 Å². The second-order valence-corrected chi connectivity index (χ2v) is 6.24. The summed E-state index contributed by atoms with van der Waals surface area (Å²) in [6, 6.07) is 9.70. The Morgan fingerprint density at radius 2 is 1.92 bits per heavy atom. The van der Waals surface area contributed by atoms with Crippen LogP contribution in [0.4, 0.5) is 11.5 Å². The summed E-state index contributed by atoms with van der Waals surface area (Å²) in [5.41, 5.74) is 3.41. The highest BCUT2D eigenvalue weighted by molar-refractivity contribution is 6.03. The van der Waals surface area contributed by atoms with Crippen LogP contribution in [0.1, 0.15) is 47.8 Å². The lowest BCUT2D eigenvalue weighted by molar-refractivity contribution is 0.102. The molecule has 1 fully saturated rings. The quantitative estimate of drug-likeness (QED) is 0.934. The maximum Gasteiger partial charge on any atom is 0.276 e. The molecule has 1 aromatic heterocycles. The van der Waals surface area contributed by atoms with Gasteiger partial charge < -0.3 is 10.2 Å². The van der Waals surface area contributed by atoms with Crippen molar-refractivity contribution in [1.82, 2.24) is 10.2 Å². The van der Waals surface area contributed by atoms with Crippen LogP contribution in [0.2, 0.25) is 0 Å². The van der Waals surface area contributed by atoms with E-state index in [-0.39, 0.29) is 5.91 Å². The highest BCUT2D eigenvalue weighted by atomic mass is 16.1. The molecule has 5 nitrogen and oxygen atoms in total. The highest BCUT2D eigenvalue weighted by Gasteiger charge is 2.15. The standard InChI is InChI=1S/C19H24N4O/c1-3-15-9-7-8-14(2)18(15)20-19(24)16-10-11-17(22-21-16)23-12-5-4-6-13-23/h7-11H,3-6,12-13H2,1-2H3,(H,20,24). The molecule has 0 aliphatic carbocycles. The molecule has 1 aromatic carbocycles. The van der Waals surface area contributed by atoms with E-state index in [9.17, 15) is 4.79 Å². The van der Waals surface area contributed by atoms with E-state index in [0.717, 1.165) is 42.1 Å². The van der Waals surface area contributed by atoms with E-state index < -0.39 is 0 Å². The first-order valence-electron chi connectivity index (χ1n) is 8.67. The van der Waals surface area contributed by atoms with Crippen molar-refractivity contribution in [2.75, 3.05) is 23.3 Å². The maximum atomic E-state index is 12.5. The van der Waals surface area contributed by atoms with Gasteiger partial charge in [-0.15, -0.1) is 10.2 Å². The first-order valence-corrected chi connectivity index (χ1v) is 8.67. The van der Waals surface area contributed by atoms with Crippen molar-refractivity contribution in [2.24, 2.45) is 0 Å². The van der Waals surface area contributed by atoms with Crippen molar-refractivity contribution in [3.05, 3.63) is 47.2 Å². The van der Waals surface area contributed by atoms with E-state index in [4.69, 9.17) is 0 Å². The largest absolute Gasteiger partial charge is 0.355 e. The first kappa shape index (κ1) is 16.4. The third-order valence-electron chi connectivity index (χ3n) is 4.54. The number of carbonyl (C=O) groups excluding carboxylic acids is 1. The molecule has 0 atom stereocenters. The van der Waals surface area contributed by atoms with E-state index in [1.54, 1.807) is 6.07 Å². The Morgan fingerprint density at radius 1 is 1.12 bits per heavy atom. The summed E-state index contributed by atoms with van der Waals surface area (Å²) in [5, 5.41) is 11.4. The van der Waals surface area contributed by atoms with Crippen molar-refractivity contribution < 1.29 is 4.79 Å². The van der Waals surface area contributed by atoms with E-state index in [2.05, 4.69) is 27.3 Å². The number of nitrogens with zero attached hydrogens (tertiary/aromatic N) is 3. The van der Waals surface area contributed by atoms with Gasteiger partial charge in [-0.25, -0.2) is 0 Å². The maximum absolute atomic E-state index is 12.5. The van der Waals surface area contributed by atoms with Gasteiger partial charge in [0.05, 0.1) is 0 Å². The number of aromatic nitrogens is 2. The number of rotatable bonds is 4. The predicted octanol–water partition coefficient (Wildman–Crippen LogP) is 3.59. The summed E-state index contributed by atoms with van der Waals surface area (Å²) < 4.78 is 0. The SMILES string of the molecule is CCc1cccc(C)c1NC(=O)c1ccc(N2CCCCC2)nn1. The number of amides is 1. The van der Waals surface area contributed by atoms with Gasteiger partial charge in [0.1, 0.15) is 0 Å². The second kappa shape index (κ2) is 7.43. The van der Waals surface area contributed by atoms with Crippen molar-refractivity contribution in [3.8, 4) is 0 Å². The molecule has 0 bridgehead atoms. The van der Waals surface area contributed by atoms with E-state index in [0.29, 0.717) is 5.69 Å². The minimum Gasteiger partial charge on any atom is -0.355 e. The zero-order valence-corrected chi connectivity index (χ0v) is 14.4. The minimum absolute atomic E-state index is 0.211. The summed E-state index contributed by atoms with van der Waals surface area (Å²) in [4.78, 5) is 14.7. The van der Waals surface area contributed by atoms with Gasteiger partial charge in [0.25, 0.3) is 5.91 Å². The van der Waals surface area contributed by atoms with E-state index in [1.165, 1.54) is 19.3 Å². The minimum atomic E-state index is -0.211. The molecule has 1 aliphatic heterocycles. The van der Waals surface area contributed by atoms with Crippen LogP contribution in [0, 0.1) is 6.92 Å². The summed E-state index contributed by atoms with van der Waals surface area (Å²) in [6.07, 6.45) is 4.53. The predicted molar refractivity (Wildman–Crippen MR) is 96.6 cm³/mol. The van der Waals surface area contributed by atoms with E-state index in [1.807, 2.05) is 31.2 Å². The number of aryl methyl sites for hydroxylation is 2. The summed E-state index contributed by atoms with van der Waals surface area (Å²) in [7, 11) is 0. The molecule has 3 rings (SSSR count). The zero-order valence-electron chi connectivity index (χ0n) is 14.4. The van der Waals surface area contributed by atoms with Gasteiger partial charge in [0.2, 0.25) is 0 Å². The molecule has 126 valence electrons. The molecule has 1 saturated heterocycles. The number of piperidine rings is 1. The number of anilines is 2. The Morgan fingerprint density at radius 3 is 2.58 bits per heavy atom. The van der Waals surface area contributed by atoms with Crippen LogP contribution in [0.15, 0.2) is 30.3 Å². The molecule has 0 unspecified atom stereocenters. The van der Waals surface area contributed by atoms with E-state index >= 15 is 0 Å². The average Bonchev–Trinajstić information content (AvgIpc) is 2.64. The number of hydrogen-bond donors (Lipinski definition) is 1. The Balaban J connectivity index is 1.74. The van der Waals surface area contributed by atoms with Crippen molar-refractivity contribution in [3.63, 3.8) is 0 Å². The fraction of sp³-hybridized carbons (Fsp3) is 0.421. The molecular weight excluding hydrogens is 300 g/mol. The lowest BCUT2D eigenvalue weighted by atomic mass is 10.1. The van der Waals surface area contributed by atoms with Crippen LogP contribution in [0.3, 0.4) is 0 Å². The van der Waals surface area contributed by atoms with Crippen LogP contribution >= 0.6 is 0 Å². The smallest absolute Gasteiger partial charge is 0.276 e. The molecule has 0 radical (unpaired) electrons. The van der Waals surface area contributed by atoms with Gasteiger partial charge in [-0.3, -0.25) is 4.79 Å². The first-order chi connectivity index (χ1) is 11.7. The van der Waals surface area contributed by atoms with Crippen LogP contribution in [-0.2, 0) is 6.42 Å². The third-order valence-corrected chi connectivity index (χ3v) is 4.54. The molecule has 1 N–H and O–H groups in total. The Hall–Kier alpha value is -2.43. The third kappa shape index (κ3) is 3.55. The second-order valence-electron chi connectivity index (χ2n) is 6.24. The van der Waals surface area contributed by atoms with Crippen LogP contribution < -0.4 is 10.2 Å². The fourth-order valence-electron chi connectivity index (χ4n) is 3.12. The lowest BCUT2D eigenvalue weighted by Gasteiger charge is -2.27. The molecule has 1 aliphatic rings. The summed E-state index contributed by atoms with van der Waals surface area (Å²) in [6.45, 7) is 6.12. The Kier molecular flexibility index (Phi) is 5.08. The Labute approximate surface area is 143 Å².